The van der Waals surface area contributed by atoms with Gasteiger partial charge in [-0.3, -0.25) is 0 Å². The molecule has 0 amide bonds. The molecule has 0 radical (unpaired) electrons. The first-order valence-electron chi connectivity index (χ1n) is 7.95. The zero-order valence-electron chi connectivity index (χ0n) is 13.1. The fourth-order valence-electron chi connectivity index (χ4n) is 2.69. The number of aromatic nitrogens is 3. The highest BCUT2D eigenvalue weighted by atomic mass is 16.5. The van der Waals surface area contributed by atoms with E-state index in [-0.39, 0.29) is 0 Å². The Morgan fingerprint density at radius 1 is 1.19 bits per heavy atom. The summed E-state index contributed by atoms with van der Waals surface area (Å²) in [5.74, 6) is 2.33. The summed E-state index contributed by atoms with van der Waals surface area (Å²) in [7, 11) is 0. The number of aromatic amines is 1. The fraction of sp³-hybridized carbons (Fsp3) is 0.625. The van der Waals surface area contributed by atoms with Crippen LogP contribution in [0.2, 0.25) is 0 Å². The van der Waals surface area contributed by atoms with Crippen LogP contribution in [0.1, 0.15) is 45.4 Å². The number of ether oxygens (including phenoxy) is 1. The second kappa shape index (κ2) is 7.98. The smallest absolute Gasteiger partial charge is 0.215 e. The molecule has 0 aliphatic rings. The van der Waals surface area contributed by atoms with Crippen molar-refractivity contribution in [2.75, 3.05) is 13.2 Å². The lowest BCUT2D eigenvalue weighted by Gasteiger charge is -2.13. The van der Waals surface area contributed by atoms with E-state index in [9.17, 15) is 0 Å². The largest absolute Gasteiger partial charge is 0.478 e. The number of hydrogen-bond donors (Lipinski definition) is 2. The van der Waals surface area contributed by atoms with Crippen molar-refractivity contribution >= 4 is 11.2 Å². The van der Waals surface area contributed by atoms with E-state index in [4.69, 9.17) is 10.5 Å². The van der Waals surface area contributed by atoms with Gasteiger partial charge in [0.05, 0.1) is 12.1 Å². The van der Waals surface area contributed by atoms with Crippen LogP contribution in [0.4, 0.5) is 0 Å². The number of rotatable bonds is 9. The molecule has 0 aliphatic heterocycles. The Bertz CT molecular complexity index is 546. The van der Waals surface area contributed by atoms with Crippen molar-refractivity contribution in [3.8, 4) is 5.88 Å². The van der Waals surface area contributed by atoms with E-state index >= 15 is 0 Å². The lowest BCUT2D eigenvalue weighted by atomic mass is 9.94. The van der Waals surface area contributed by atoms with Gasteiger partial charge in [-0.25, -0.2) is 4.98 Å². The van der Waals surface area contributed by atoms with Gasteiger partial charge in [0.15, 0.2) is 5.65 Å². The second-order valence-corrected chi connectivity index (χ2v) is 5.41. The van der Waals surface area contributed by atoms with Crippen LogP contribution in [0.3, 0.4) is 0 Å². The number of imidazole rings is 1. The Morgan fingerprint density at radius 2 is 2.05 bits per heavy atom. The van der Waals surface area contributed by atoms with E-state index in [1.165, 1.54) is 12.8 Å². The summed E-state index contributed by atoms with van der Waals surface area (Å²) in [6, 6.07) is 3.86. The van der Waals surface area contributed by atoms with Crippen molar-refractivity contribution < 1.29 is 4.74 Å². The highest BCUT2D eigenvalue weighted by Crippen LogP contribution is 2.19. The van der Waals surface area contributed by atoms with Crippen molar-refractivity contribution in [3.05, 3.63) is 18.0 Å². The van der Waals surface area contributed by atoms with E-state index in [1.807, 2.05) is 19.1 Å². The summed E-state index contributed by atoms with van der Waals surface area (Å²) in [4.78, 5) is 12.3. The van der Waals surface area contributed by atoms with Gasteiger partial charge in [-0.1, -0.05) is 19.8 Å². The minimum Gasteiger partial charge on any atom is -0.478 e. The summed E-state index contributed by atoms with van der Waals surface area (Å²) in [5.41, 5.74) is 7.40. The van der Waals surface area contributed by atoms with E-state index in [1.54, 1.807) is 0 Å². The van der Waals surface area contributed by atoms with Crippen molar-refractivity contribution in [2.24, 2.45) is 11.7 Å². The average Bonchev–Trinajstić information content (AvgIpc) is 2.88. The SMILES string of the molecule is CCCC(CCN)CCc1nc2nc(OCC)ccc2[nH]1. The molecular formula is C16H26N4O. The molecule has 5 heteroatoms. The maximum Gasteiger partial charge on any atom is 0.215 e. The van der Waals surface area contributed by atoms with Gasteiger partial charge < -0.3 is 15.5 Å². The van der Waals surface area contributed by atoms with Crippen LogP contribution in [0, 0.1) is 5.92 Å². The molecule has 0 bridgehead atoms. The van der Waals surface area contributed by atoms with Crippen LogP contribution < -0.4 is 10.5 Å². The van der Waals surface area contributed by atoms with E-state index in [2.05, 4.69) is 21.9 Å². The molecule has 2 heterocycles. The number of H-pyrrole nitrogens is 1. The lowest BCUT2D eigenvalue weighted by Crippen LogP contribution is -2.10. The Balaban J connectivity index is 2.01. The summed E-state index contributed by atoms with van der Waals surface area (Å²) >= 11 is 0. The second-order valence-electron chi connectivity index (χ2n) is 5.41. The highest BCUT2D eigenvalue weighted by molar-refractivity contribution is 5.71. The summed E-state index contributed by atoms with van der Waals surface area (Å²) in [6.07, 6.45) is 5.63. The molecule has 2 rings (SSSR count). The molecule has 0 saturated heterocycles. The maximum atomic E-state index is 5.69. The van der Waals surface area contributed by atoms with Gasteiger partial charge in [0.25, 0.3) is 0 Å². The topological polar surface area (TPSA) is 76.8 Å². The number of fused-ring (bicyclic) bond motifs is 1. The van der Waals surface area contributed by atoms with Crippen molar-refractivity contribution in [1.29, 1.82) is 0 Å². The number of aryl methyl sites for hydroxylation is 1. The monoisotopic (exact) mass is 290 g/mol. The van der Waals surface area contributed by atoms with E-state index < -0.39 is 0 Å². The van der Waals surface area contributed by atoms with Gasteiger partial charge in [-0.05, 0) is 38.3 Å². The Kier molecular flexibility index (Phi) is 5.99. The zero-order valence-corrected chi connectivity index (χ0v) is 13.1. The fourth-order valence-corrected chi connectivity index (χ4v) is 2.69. The minimum atomic E-state index is 0.619. The first-order valence-corrected chi connectivity index (χ1v) is 7.95. The van der Waals surface area contributed by atoms with Crippen LogP contribution in [0.15, 0.2) is 12.1 Å². The number of nitrogens with one attached hydrogen (secondary N) is 1. The van der Waals surface area contributed by atoms with Crippen LogP contribution in [0.25, 0.3) is 11.2 Å². The number of pyridine rings is 1. The molecule has 0 saturated carbocycles. The van der Waals surface area contributed by atoms with Gasteiger partial charge >= 0.3 is 0 Å². The lowest BCUT2D eigenvalue weighted by molar-refractivity contribution is 0.328. The predicted octanol–water partition coefficient (Wildman–Crippen LogP) is 3.05. The van der Waals surface area contributed by atoms with Crippen molar-refractivity contribution in [1.82, 2.24) is 15.0 Å². The molecular weight excluding hydrogens is 264 g/mol. The Labute approximate surface area is 126 Å². The van der Waals surface area contributed by atoms with Gasteiger partial charge in [0, 0.05) is 12.5 Å². The van der Waals surface area contributed by atoms with E-state index in [0.717, 1.165) is 42.8 Å². The van der Waals surface area contributed by atoms with Crippen LogP contribution in [-0.2, 0) is 6.42 Å². The molecule has 3 N–H and O–H groups in total. The highest BCUT2D eigenvalue weighted by Gasteiger charge is 2.10. The molecule has 0 fully saturated rings. The number of nitrogens with two attached hydrogens (primary N) is 1. The predicted molar refractivity (Wildman–Crippen MR) is 85.4 cm³/mol. The Hall–Kier alpha value is -1.62. The molecule has 5 nitrogen and oxygen atoms in total. The third-order valence-electron chi connectivity index (χ3n) is 3.72. The van der Waals surface area contributed by atoms with Gasteiger partial charge in [0.2, 0.25) is 5.88 Å². The Morgan fingerprint density at radius 3 is 2.76 bits per heavy atom. The van der Waals surface area contributed by atoms with Gasteiger partial charge in [-0.2, -0.15) is 4.98 Å². The van der Waals surface area contributed by atoms with Crippen molar-refractivity contribution in [2.45, 2.75) is 46.0 Å². The molecule has 116 valence electrons. The minimum absolute atomic E-state index is 0.619. The van der Waals surface area contributed by atoms with Crippen LogP contribution in [-0.4, -0.2) is 28.1 Å². The van der Waals surface area contributed by atoms with Crippen molar-refractivity contribution in [3.63, 3.8) is 0 Å². The van der Waals surface area contributed by atoms with Crippen LogP contribution >= 0.6 is 0 Å². The first-order chi connectivity index (χ1) is 10.3. The third-order valence-corrected chi connectivity index (χ3v) is 3.72. The standard InChI is InChI=1S/C16H26N4O/c1-3-5-12(10-11-17)6-8-14-18-13-7-9-15(21-4-2)20-16(13)19-14/h7,9,12H,3-6,8,10-11,17H2,1-2H3,(H,18,19,20). The zero-order chi connectivity index (χ0) is 15.1. The first kappa shape index (κ1) is 15.8. The average molecular weight is 290 g/mol. The van der Waals surface area contributed by atoms with Gasteiger partial charge in [0.1, 0.15) is 5.82 Å². The number of nitrogens with zero attached hydrogens (tertiary/aromatic N) is 2. The van der Waals surface area contributed by atoms with Crippen LogP contribution in [0.5, 0.6) is 5.88 Å². The molecule has 0 aliphatic carbocycles. The third kappa shape index (κ3) is 4.43. The number of hydrogen-bond acceptors (Lipinski definition) is 4. The molecule has 0 spiro atoms. The molecule has 2 aromatic heterocycles. The summed E-state index contributed by atoms with van der Waals surface area (Å²) in [6.45, 7) is 5.56. The van der Waals surface area contributed by atoms with E-state index in [0.29, 0.717) is 18.4 Å². The van der Waals surface area contributed by atoms with Gasteiger partial charge in [-0.15, -0.1) is 0 Å². The normalized spacial score (nSPS) is 12.7. The molecule has 2 aromatic rings. The molecule has 1 atom stereocenters. The molecule has 0 aromatic carbocycles. The summed E-state index contributed by atoms with van der Waals surface area (Å²) < 4.78 is 5.41. The maximum absolute atomic E-state index is 5.69. The molecule has 1 unspecified atom stereocenters. The summed E-state index contributed by atoms with van der Waals surface area (Å²) in [5, 5.41) is 0. The molecule has 21 heavy (non-hydrogen) atoms. The quantitative estimate of drug-likeness (QED) is 0.744.